The molecular formula is C13H25N5O. The molecule has 0 aromatic carbocycles. The van der Waals surface area contributed by atoms with Crippen molar-refractivity contribution in [2.75, 3.05) is 32.8 Å². The van der Waals surface area contributed by atoms with E-state index in [0.29, 0.717) is 13.2 Å². The highest BCUT2D eigenvalue weighted by Crippen LogP contribution is 1.92. The Morgan fingerprint density at radius 3 is 2.89 bits per heavy atom. The third-order valence-electron chi connectivity index (χ3n) is 2.45. The number of aryl methyl sites for hydroxylation is 1. The number of guanidine groups is 1. The number of aromatic nitrogens is 2. The van der Waals surface area contributed by atoms with Gasteiger partial charge in [0.1, 0.15) is 0 Å². The van der Waals surface area contributed by atoms with E-state index in [4.69, 9.17) is 4.74 Å². The van der Waals surface area contributed by atoms with E-state index in [1.165, 1.54) is 5.56 Å². The molecular weight excluding hydrogens is 242 g/mol. The van der Waals surface area contributed by atoms with Gasteiger partial charge in [-0.05, 0) is 26.3 Å². The van der Waals surface area contributed by atoms with Crippen molar-refractivity contribution in [2.24, 2.45) is 4.99 Å². The van der Waals surface area contributed by atoms with E-state index in [1.54, 1.807) is 0 Å². The summed E-state index contributed by atoms with van der Waals surface area (Å²) >= 11 is 0. The number of ether oxygens (including phenoxy) is 1. The van der Waals surface area contributed by atoms with Crippen molar-refractivity contribution in [1.82, 2.24) is 20.4 Å². The maximum Gasteiger partial charge on any atom is 0.191 e. The van der Waals surface area contributed by atoms with Crippen LogP contribution in [-0.4, -0.2) is 48.6 Å². The quantitative estimate of drug-likeness (QED) is 0.415. The molecule has 19 heavy (non-hydrogen) atoms. The molecule has 6 nitrogen and oxygen atoms in total. The van der Waals surface area contributed by atoms with Gasteiger partial charge in [0.15, 0.2) is 5.96 Å². The van der Waals surface area contributed by atoms with Crippen LogP contribution < -0.4 is 10.6 Å². The first kappa shape index (κ1) is 15.5. The number of aliphatic imine (C=N–C) groups is 1. The molecule has 0 unspecified atom stereocenters. The predicted octanol–water partition coefficient (Wildman–Crippen LogP) is 0.783. The van der Waals surface area contributed by atoms with E-state index in [-0.39, 0.29) is 0 Å². The third-order valence-corrected chi connectivity index (χ3v) is 2.45. The summed E-state index contributed by atoms with van der Waals surface area (Å²) in [5, 5.41) is 10.7. The third kappa shape index (κ3) is 6.81. The highest BCUT2D eigenvalue weighted by molar-refractivity contribution is 5.79. The van der Waals surface area contributed by atoms with Gasteiger partial charge in [-0.1, -0.05) is 0 Å². The van der Waals surface area contributed by atoms with Gasteiger partial charge < -0.3 is 15.4 Å². The monoisotopic (exact) mass is 267 g/mol. The van der Waals surface area contributed by atoms with Gasteiger partial charge in [-0.15, -0.1) is 0 Å². The predicted molar refractivity (Wildman–Crippen MR) is 77.4 cm³/mol. The topological polar surface area (TPSA) is 63.5 Å². The van der Waals surface area contributed by atoms with Gasteiger partial charge >= 0.3 is 0 Å². The van der Waals surface area contributed by atoms with E-state index >= 15 is 0 Å². The Balaban J connectivity index is 2.28. The molecule has 0 aliphatic rings. The normalized spacial score (nSPS) is 11.6. The number of hydrogen-bond donors (Lipinski definition) is 2. The fraction of sp³-hybridized carbons (Fsp3) is 0.692. The summed E-state index contributed by atoms with van der Waals surface area (Å²) in [5.74, 6) is 0.825. The van der Waals surface area contributed by atoms with Crippen LogP contribution in [0.1, 0.15) is 19.4 Å². The van der Waals surface area contributed by atoms with E-state index in [0.717, 1.165) is 32.2 Å². The molecule has 0 bridgehead atoms. The average molecular weight is 267 g/mol. The highest BCUT2D eigenvalue weighted by atomic mass is 16.5. The molecule has 2 N–H and O–H groups in total. The summed E-state index contributed by atoms with van der Waals surface area (Å²) in [6.45, 7) is 10.6. The molecule has 1 aromatic rings. The summed E-state index contributed by atoms with van der Waals surface area (Å²) in [4.78, 5) is 4.43. The van der Waals surface area contributed by atoms with Crippen LogP contribution >= 0.6 is 0 Å². The Labute approximate surface area is 115 Å². The summed E-state index contributed by atoms with van der Waals surface area (Å²) in [6, 6.07) is 0. The lowest BCUT2D eigenvalue weighted by Gasteiger charge is -2.11. The molecule has 0 amide bonds. The van der Waals surface area contributed by atoms with Crippen molar-refractivity contribution >= 4 is 5.96 Å². The molecule has 0 saturated carbocycles. The molecule has 108 valence electrons. The largest absolute Gasteiger partial charge is 0.380 e. The molecule has 0 fully saturated rings. The van der Waals surface area contributed by atoms with Crippen molar-refractivity contribution in [3.05, 3.63) is 18.0 Å². The lowest BCUT2D eigenvalue weighted by atomic mass is 10.4. The zero-order chi connectivity index (χ0) is 13.9. The number of nitrogens with one attached hydrogen (secondary N) is 2. The molecule has 6 heteroatoms. The van der Waals surface area contributed by atoms with Crippen LogP contribution in [0.15, 0.2) is 17.4 Å². The number of hydrogen-bond acceptors (Lipinski definition) is 3. The molecule has 0 aliphatic carbocycles. The summed E-state index contributed by atoms with van der Waals surface area (Å²) in [6.07, 6.45) is 3.89. The molecule has 0 aliphatic heterocycles. The van der Waals surface area contributed by atoms with Crippen LogP contribution in [0.2, 0.25) is 0 Å². The maximum atomic E-state index is 5.26. The second-order valence-electron chi connectivity index (χ2n) is 4.17. The van der Waals surface area contributed by atoms with Crippen LogP contribution in [0, 0.1) is 6.92 Å². The van der Waals surface area contributed by atoms with Crippen molar-refractivity contribution in [3.63, 3.8) is 0 Å². The van der Waals surface area contributed by atoms with Crippen LogP contribution in [-0.2, 0) is 11.3 Å². The number of rotatable bonds is 8. The van der Waals surface area contributed by atoms with E-state index in [1.807, 2.05) is 30.9 Å². The minimum atomic E-state index is 0.658. The first-order valence-corrected chi connectivity index (χ1v) is 6.85. The fourth-order valence-electron chi connectivity index (χ4n) is 1.59. The summed E-state index contributed by atoms with van der Waals surface area (Å²) in [7, 11) is 0. The van der Waals surface area contributed by atoms with Gasteiger partial charge in [0.05, 0.1) is 25.9 Å². The molecule has 1 heterocycles. The smallest absolute Gasteiger partial charge is 0.191 e. The Morgan fingerprint density at radius 1 is 1.42 bits per heavy atom. The highest BCUT2D eigenvalue weighted by Gasteiger charge is 1.97. The van der Waals surface area contributed by atoms with Gasteiger partial charge in [-0.25, -0.2) is 0 Å². The SMILES string of the molecule is CCNC(=NCCOCC)NCCn1cc(C)cn1. The second-order valence-corrected chi connectivity index (χ2v) is 4.17. The first-order chi connectivity index (χ1) is 9.26. The van der Waals surface area contributed by atoms with Crippen molar-refractivity contribution in [2.45, 2.75) is 27.3 Å². The van der Waals surface area contributed by atoms with Gasteiger partial charge in [-0.2, -0.15) is 5.10 Å². The van der Waals surface area contributed by atoms with Crippen LogP contribution in [0.5, 0.6) is 0 Å². The van der Waals surface area contributed by atoms with E-state index in [2.05, 4.69) is 27.6 Å². The standard InChI is InChI=1S/C13H25N5O/c1-4-14-13(16-7-9-19-5-2)15-6-8-18-11-12(3)10-17-18/h10-11H,4-9H2,1-3H3,(H2,14,15,16). The Morgan fingerprint density at radius 2 is 2.26 bits per heavy atom. The fourth-order valence-corrected chi connectivity index (χ4v) is 1.59. The molecule has 0 atom stereocenters. The Bertz CT molecular complexity index is 375. The molecule has 0 radical (unpaired) electrons. The Kier molecular flexibility index (Phi) is 7.65. The Hall–Kier alpha value is -1.56. The summed E-state index contributed by atoms with van der Waals surface area (Å²) in [5.41, 5.74) is 1.18. The molecule has 1 rings (SSSR count). The van der Waals surface area contributed by atoms with E-state index in [9.17, 15) is 0 Å². The van der Waals surface area contributed by atoms with Crippen molar-refractivity contribution in [3.8, 4) is 0 Å². The minimum Gasteiger partial charge on any atom is -0.380 e. The lowest BCUT2D eigenvalue weighted by molar-refractivity contribution is 0.155. The average Bonchev–Trinajstić information content (AvgIpc) is 2.80. The molecule has 0 saturated heterocycles. The zero-order valence-corrected chi connectivity index (χ0v) is 12.1. The zero-order valence-electron chi connectivity index (χ0n) is 12.1. The van der Waals surface area contributed by atoms with Crippen molar-refractivity contribution < 1.29 is 4.74 Å². The maximum absolute atomic E-state index is 5.26. The van der Waals surface area contributed by atoms with Crippen molar-refractivity contribution in [1.29, 1.82) is 0 Å². The lowest BCUT2D eigenvalue weighted by Crippen LogP contribution is -2.39. The van der Waals surface area contributed by atoms with Crippen LogP contribution in [0.25, 0.3) is 0 Å². The van der Waals surface area contributed by atoms with Gasteiger partial charge in [-0.3, -0.25) is 9.67 Å². The van der Waals surface area contributed by atoms with Gasteiger partial charge in [0.2, 0.25) is 0 Å². The second kappa shape index (κ2) is 9.38. The number of nitrogens with zero attached hydrogens (tertiary/aromatic N) is 3. The van der Waals surface area contributed by atoms with Crippen LogP contribution in [0.4, 0.5) is 0 Å². The minimum absolute atomic E-state index is 0.658. The van der Waals surface area contributed by atoms with Gasteiger partial charge in [0.25, 0.3) is 0 Å². The van der Waals surface area contributed by atoms with E-state index < -0.39 is 0 Å². The first-order valence-electron chi connectivity index (χ1n) is 6.85. The summed E-state index contributed by atoms with van der Waals surface area (Å²) < 4.78 is 7.18. The molecule has 1 aromatic heterocycles. The van der Waals surface area contributed by atoms with Crippen LogP contribution in [0.3, 0.4) is 0 Å². The molecule has 0 spiro atoms. The van der Waals surface area contributed by atoms with Gasteiger partial charge in [0, 0.05) is 25.9 Å².